The molecule has 7 heteroatoms. The Kier molecular flexibility index (Phi) is 6.90. The molecule has 156 valence electrons. The van der Waals surface area contributed by atoms with Crippen LogP contribution in [0.1, 0.15) is 12.0 Å². The molecule has 2 aromatic carbocycles. The van der Waals surface area contributed by atoms with E-state index in [1.165, 1.54) is 17.7 Å². The average Bonchev–Trinajstić information content (AvgIpc) is 3.20. The van der Waals surface area contributed by atoms with Crippen molar-refractivity contribution in [2.45, 2.75) is 13.0 Å². The van der Waals surface area contributed by atoms with Crippen molar-refractivity contribution in [1.82, 2.24) is 10.2 Å². The van der Waals surface area contributed by atoms with Crippen LogP contribution in [0.4, 0.5) is 14.5 Å². The van der Waals surface area contributed by atoms with Gasteiger partial charge < -0.3 is 19.9 Å². The Morgan fingerprint density at radius 1 is 1.21 bits per heavy atom. The van der Waals surface area contributed by atoms with Crippen LogP contribution in [0.15, 0.2) is 47.5 Å². The lowest BCUT2D eigenvalue weighted by Crippen LogP contribution is -2.41. The maximum Gasteiger partial charge on any atom is 0.193 e. The highest BCUT2D eigenvalue weighted by Crippen LogP contribution is 2.25. The molecule has 0 bridgehead atoms. The molecule has 1 unspecified atom stereocenters. The Hall–Kier alpha value is -2.83. The van der Waals surface area contributed by atoms with Gasteiger partial charge in [0.1, 0.15) is 5.75 Å². The number of rotatable bonds is 6. The van der Waals surface area contributed by atoms with Crippen LogP contribution >= 0.6 is 0 Å². The number of guanidine groups is 1. The quantitative estimate of drug-likeness (QED) is 0.593. The Morgan fingerprint density at radius 3 is 2.62 bits per heavy atom. The molecule has 29 heavy (non-hydrogen) atoms. The van der Waals surface area contributed by atoms with Gasteiger partial charge in [0.25, 0.3) is 0 Å². The lowest BCUT2D eigenvalue weighted by Gasteiger charge is -2.24. The van der Waals surface area contributed by atoms with E-state index < -0.39 is 11.6 Å². The van der Waals surface area contributed by atoms with Gasteiger partial charge in [-0.3, -0.25) is 4.99 Å². The summed E-state index contributed by atoms with van der Waals surface area (Å²) in [6, 6.07) is 12.1. The summed E-state index contributed by atoms with van der Waals surface area (Å²) < 4.78 is 31.8. The van der Waals surface area contributed by atoms with Crippen molar-refractivity contribution in [3.63, 3.8) is 0 Å². The minimum Gasteiger partial charge on any atom is -0.497 e. The molecule has 0 aromatic heterocycles. The Balaban J connectivity index is 1.50. The molecule has 3 rings (SSSR count). The van der Waals surface area contributed by atoms with Crippen LogP contribution in [-0.2, 0) is 6.54 Å². The summed E-state index contributed by atoms with van der Waals surface area (Å²) in [5.41, 5.74) is 1.90. The summed E-state index contributed by atoms with van der Waals surface area (Å²) >= 11 is 0. The lowest BCUT2D eigenvalue weighted by molar-refractivity contribution is 0.414. The highest BCUT2D eigenvalue weighted by molar-refractivity contribution is 5.79. The highest BCUT2D eigenvalue weighted by atomic mass is 19.2. The molecular weight excluding hydrogens is 374 g/mol. The van der Waals surface area contributed by atoms with Crippen molar-refractivity contribution in [2.24, 2.45) is 10.9 Å². The van der Waals surface area contributed by atoms with E-state index in [1.807, 2.05) is 31.3 Å². The van der Waals surface area contributed by atoms with Crippen LogP contribution in [0.2, 0.25) is 0 Å². The van der Waals surface area contributed by atoms with E-state index in [9.17, 15) is 8.78 Å². The molecule has 1 heterocycles. The predicted octanol–water partition coefficient (Wildman–Crippen LogP) is 3.51. The van der Waals surface area contributed by atoms with E-state index in [4.69, 9.17) is 4.74 Å². The number of ether oxygens (including phenoxy) is 1. The number of nitrogens with zero attached hydrogens (tertiary/aromatic N) is 3. The van der Waals surface area contributed by atoms with Gasteiger partial charge in [-0.2, -0.15) is 0 Å². The number of hydrogen-bond donors (Lipinski definition) is 1. The molecule has 0 saturated carbocycles. The normalized spacial score (nSPS) is 16.8. The molecule has 0 amide bonds. The zero-order chi connectivity index (χ0) is 20.8. The monoisotopic (exact) mass is 402 g/mol. The summed E-state index contributed by atoms with van der Waals surface area (Å²) in [5.74, 6) is 0.464. The van der Waals surface area contributed by atoms with Crippen molar-refractivity contribution in [3.05, 3.63) is 59.7 Å². The van der Waals surface area contributed by atoms with Crippen LogP contribution in [0.5, 0.6) is 5.75 Å². The third kappa shape index (κ3) is 5.37. The van der Waals surface area contributed by atoms with E-state index >= 15 is 0 Å². The van der Waals surface area contributed by atoms with Gasteiger partial charge in [0, 0.05) is 52.0 Å². The van der Waals surface area contributed by atoms with Crippen molar-refractivity contribution < 1.29 is 13.5 Å². The standard InChI is InChI=1S/C22H28F2N4O/c1-25-22(27(2)14-16-4-7-19(29-3)8-5-16)26-13-17-10-11-28(15-17)18-6-9-20(23)21(24)12-18/h4-9,12,17H,10-11,13-15H2,1-3H3,(H,25,26). The van der Waals surface area contributed by atoms with Crippen molar-refractivity contribution in [3.8, 4) is 5.75 Å². The third-order valence-electron chi connectivity index (χ3n) is 5.26. The topological polar surface area (TPSA) is 40.1 Å². The summed E-state index contributed by atoms with van der Waals surface area (Å²) in [6.45, 7) is 3.14. The summed E-state index contributed by atoms with van der Waals surface area (Å²) in [7, 11) is 5.43. The lowest BCUT2D eigenvalue weighted by atomic mass is 10.1. The molecular formula is C22H28F2N4O. The maximum atomic E-state index is 13.5. The zero-order valence-electron chi connectivity index (χ0n) is 17.2. The minimum atomic E-state index is -0.810. The SMILES string of the molecule is CN=C(NCC1CCN(c2ccc(F)c(F)c2)C1)N(C)Cc1ccc(OC)cc1. The summed E-state index contributed by atoms with van der Waals surface area (Å²) in [6.07, 6.45) is 0.991. The molecule has 0 aliphatic carbocycles. The summed E-state index contributed by atoms with van der Waals surface area (Å²) in [5, 5.41) is 3.44. The number of nitrogens with one attached hydrogen (secondary N) is 1. The number of methoxy groups -OCH3 is 1. The van der Waals surface area contributed by atoms with E-state index in [1.54, 1.807) is 20.2 Å². The predicted molar refractivity (Wildman–Crippen MR) is 113 cm³/mol. The average molecular weight is 402 g/mol. The van der Waals surface area contributed by atoms with E-state index in [0.29, 0.717) is 5.92 Å². The molecule has 0 spiro atoms. The fourth-order valence-electron chi connectivity index (χ4n) is 3.62. The van der Waals surface area contributed by atoms with E-state index in [2.05, 4.69) is 20.1 Å². The van der Waals surface area contributed by atoms with Crippen molar-refractivity contribution >= 4 is 11.6 Å². The fourth-order valence-corrected chi connectivity index (χ4v) is 3.62. The molecule has 1 saturated heterocycles. The second-order valence-electron chi connectivity index (χ2n) is 7.33. The van der Waals surface area contributed by atoms with Crippen LogP contribution < -0.4 is 15.0 Å². The van der Waals surface area contributed by atoms with Gasteiger partial charge >= 0.3 is 0 Å². The number of halogens is 2. The molecule has 2 aromatic rings. The molecule has 1 atom stereocenters. The number of benzene rings is 2. The zero-order valence-corrected chi connectivity index (χ0v) is 17.2. The van der Waals surface area contributed by atoms with E-state index in [-0.39, 0.29) is 0 Å². The Morgan fingerprint density at radius 2 is 1.97 bits per heavy atom. The van der Waals surface area contributed by atoms with Gasteiger partial charge in [0.05, 0.1) is 7.11 Å². The molecule has 1 aliphatic heterocycles. The first-order chi connectivity index (χ1) is 14.0. The van der Waals surface area contributed by atoms with Crippen molar-refractivity contribution in [2.75, 3.05) is 45.7 Å². The Labute approximate surface area is 171 Å². The minimum absolute atomic E-state index is 0.411. The molecule has 1 aliphatic rings. The second kappa shape index (κ2) is 9.58. The molecule has 5 nitrogen and oxygen atoms in total. The first kappa shape index (κ1) is 20.9. The smallest absolute Gasteiger partial charge is 0.193 e. The second-order valence-corrected chi connectivity index (χ2v) is 7.33. The molecule has 1 N–H and O–H groups in total. The Bertz CT molecular complexity index is 841. The molecule has 0 radical (unpaired) electrons. The number of hydrogen-bond acceptors (Lipinski definition) is 3. The van der Waals surface area contributed by atoms with Gasteiger partial charge in [-0.15, -0.1) is 0 Å². The van der Waals surface area contributed by atoms with E-state index in [0.717, 1.165) is 50.0 Å². The number of anilines is 1. The fraction of sp³-hybridized carbons (Fsp3) is 0.409. The summed E-state index contributed by atoms with van der Waals surface area (Å²) in [4.78, 5) is 8.55. The third-order valence-corrected chi connectivity index (χ3v) is 5.26. The van der Waals surface area contributed by atoms with Gasteiger partial charge in [-0.1, -0.05) is 12.1 Å². The van der Waals surface area contributed by atoms with Crippen LogP contribution in [0, 0.1) is 17.6 Å². The van der Waals surface area contributed by atoms with Gasteiger partial charge in [-0.05, 0) is 42.2 Å². The maximum absolute atomic E-state index is 13.5. The number of aliphatic imine (C=N–C) groups is 1. The molecule has 1 fully saturated rings. The van der Waals surface area contributed by atoms with Gasteiger partial charge in [0.2, 0.25) is 0 Å². The van der Waals surface area contributed by atoms with Crippen LogP contribution in [0.3, 0.4) is 0 Å². The largest absolute Gasteiger partial charge is 0.497 e. The first-order valence-electron chi connectivity index (χ1n) is 9.75. The van der Waals surface area contributed by atoms with Gasteiger partial charge in [0.15, 0.2) is 17.6 Å². The highest BCUT2D eigenvalue weighted by Gasteiger charge is 2.24. The van der Waals surface area contributed by atoms with Crippen molar-refractivity contribution in [1.29, 1.82) is 0 Å². The first-order valence-corrected chi connectivity index (χ1v) is 9.75. The van der Waals surface area contributed by atoms with Crippen LogP contribution in [0.25, 0.3) is 0 Å². The van der Waals surface area contributed by atoms with Crippen LogP contribution in [-0.4, -0.2) is 51.7 Å². The van der Waals surface area contributed by atoms with Gasteiger partial charge in [-0.25, -0.2) is 8.78 Å².